The highest BCUT2D eigenvalue weighted by atomic mass is 16.5. The molecule has 5 rings (SSSR count). The fourth-order valence-corrected chi connectivity index (χ4v) is 5.18. The van der Waals surface area contributed by atoms with Crippen molar-refractivity contribution < 1.29 is 9.47 Å². The van der Waals surface area contributed by atoms with Crippen molar-refractivity contribution in [2.75, 3.05) is 26.7 Å². The van der Waals surface area contributed by atoms with Gasteiger partial charge in [0.05, 0.1) is 5.92 Å². The molecule has 0 aromatic heterocycles. The lowest BCUT2D eigenvalue weighted by Crippen LogP contribution is -2.33. The van der Waals surface area contributed by atoms with Crippen LogP contribution in [0.1, 0.15) is 37.2 Å². The zero-order valence-corrected chi connectivity index (χ0v) is 18.8. The first kappa shape index (κ1) is 21.2. The minimum atomic E-state index is -0.0463. The molecule has 166 valence electrons. The van der Waals surface area contributed by atoms with Crippen LogP contribution in [0.4, 0.5) is 0 Å². The molecular formula is C28H32N2O2. The van der Waals surface area contributed by atoms with E-state index < -0.39 is 0 Å². The van der Waals surface area contributed by atoms with Gasteiger partial charge in [0.25, 0.3) is 0 Å². The molecule has 2 unspecified atom stereocenters. The fourth-order valence-electron chi connectivity index (χ4n) is 5.18. The Bertz CT molecular complexity index is 992. The van der Waals surface area contributed by atoms with Gasteiger partial charge in [0, 0.05) is 25.4 Å². The van der Waals surface area contributed by atoms with Crippen molar-refractivity contribution in [1.82, 2.24) is 4.90 Å². The Morgan fingerprint density at radius 1 is 1.19 bits per heavy atom. The van der Waals surface area contributed by atoms with Gasteiger partial charge in [-0.05, 0) is 68.0 Å². The van der Waals surface area contributed by atoms with Crippen molar-refractivity contribution in [2.24, 2.45) is 10.9 Å². The summed E-state index contributed by atoms with van der Waals surface area (Å²) in [7, 11) is 1.74. The molecule has 3 heterocycles. The Morgan fingerprint density at radius 2 is 2.03 bits per heavy atom. The third kappa shape index (κ3) is 4.57. The van der Waals surface area contributed by atoms with E-state index in [0.717, 1.165) is 36.6 Å². The Kier molecular flexibility index (Phi) is 6.51. The van der Waals surface area contributed by atoms with Crippen LogP contribution in [0.2, 0.25) is 0 Å². The van der Waals surface area contributed by atoms with Crippen molar-refractivity contribution in [2.45, 2.75) is 37.7 Å². The molecule has 1 saturated heterocycles. The first-order chi connectivity index (χ1) is 15.8. The van der Waals surface area contributed by atoms with E-state index in [1.165, 1.54) is 37.1 Å². The minimum Gasteiger partial charge on any atom is -0.442 e. The van der Waals surface area contributed by atoms with Crippen LogP contribution in [-0.2, 0) is 9.47 Å². The number of likely N-dealkylation sites (tertiary alicyclic amines) is 1. The number of aliphatic imine (C=N–C) groups is 1. The molecule has 1 aromatic carbocycles. The number of rotatable bonds is 5. The van der Waals surface area contributed by atoms with Gasteiger partial charge in [-0.3, -0.25) is 0 Å². The Balaban J connectivity index is 1.18. The molecule has 2 atom stereocenters. The topological polar surface area (TPSA) is 34.1 Å². The van der Waals surface area contributed by atoms with Gasteiger partial charge >= 0.3 is 0 Å². The number of piperidine rings is 1. The summed E-state index contributed by atoms with van der Waals surface area (Å²) >= 11 is 0. The van der Waals surface area contributed by atoms with Crippen LogP contribution in [0.25, 0.3) is 0 Å². The van der Waals surface area contributed by atoms with E-state index in [0.29, 0.717) is 5.92 Å². The first-order valence-electron chi connectivity index (χ1n) is 11.8. The molecule has 0 amide bonds. The highest BCUT2D eigenvalue weighted by Gasteiger charge is 2.30. The number of fused-ring (bicyclic) bond motifs is 2. The maximum absolute atomic E-state index is 6.24. The minimum absolute atomic E-state index is 0.0463. The van der Waals surface area contributed by atoms with Crippen LogP contribution < -0.4 is 0 Å². The summed E-state index contributed by atoms with van der Waals surface area (Å²) in [5, 5.41) is 0. The lowest BCUT2D eigenvalue weighted by atomic mass is 9.89. The van der Waals surface area contributed by atoms with Crippen molar-refractivity contribution in [3.63, 3.8) is 0 Å². The van der Waals surface area contributed by atoms with Crippen LogP contribution in [0, 0.1) is 5.92 Å². The maximum atomic E-state index is 6.24. The van der Waals surface area contributed by atoms with Crippen molar-refractivity contribution in [1.29, 1.82) is 0 Å². The summed E-state index contributed by atoms with van der Waals surface area (Å²) in [4.78, 5) is 7.17. The van der Waals surface area contributed by atoms with Gasteiger partial charge in [-0.2, -0.15) is 0 Å². The molecule has 0 spiro atoms. The van der Waals surface area contributed by atoms with Gasteiger partial charge in [0.15, 0.2) is 0 Å². The zero-order valence-electron chi connectivity index (χ0n) is 18.8. The Morgan fingerprint density at radius 3 is 2.84 bits per heavy atom. The van der Waals surface area contributed by atoms with Crippen LogP contribution in [0.5, 0.6) is 0 Å². The van der Waals surface area contributed by atoms with Crippen molar-refractivity contribution in [3.05, 3.63) is 95.5 Å². The summed E-state index contributed by atoms with van der Waals surface area (Å²) in [5.41, 5.74) is 3.91. The first-order valence-corrected chi connectivity index (χ1v) is 11.8. The number of hydrogen-bond acceptors (Lipinski definition) is 4. The summed E-state index contributed by atoms with van der Waals surface area (Å²) in [5.74, 6) is 2.55. The molecule has 4 heteroatoms. The van der Waals surface area contributed by atoms with Gasteiger partial charge in [0.2, 0.25) is 5.90 Å². The van der Waals surface area contributed by atoms with Gasteiger partial charge < -0.3 is 14.4 Å². The summed E-state index contributed by atoms with van der Waals surface area (Å²) < 4.78 is 11.9. The largest absolute Gasteiger partial charge is 0.442 e. The summed E-state index contributed by atoms with van der Waals surface area (Å²) in [6.07, 6.45) is 19.1. The standard InChI is InChI=1S/C28H32N2O2/c1-31-26-10-5-11-27-25(26)13-12-24-23(14-17-29-28(24)32-27)9-6-18-30-19-15-22(16-20-30)21-7-3-2-4-8-21/h2-5,7-11,13-14,17,22,24,26H,6,12,15-16,18-20H2,1H3. The van der Waals surface area contributed by atoms with Gasteiger partial charge in [-0.1, -0.05) is 54.6 Å². The Hall–Kier alpha value is -2.69. The molecule has 3 aliphatic heterocycles. The molecule has 1 aromatic rings. The summed E-state index contributed by atoms with van der Waals surface area (Å²) in [6, 6.07) is 11.0. The fraction of sp³-hybridized carbons (Fsp3) is 0.393. The monoisotopic (exact) mass is 428 g/mol. The predicted octanol–water partition coefficient (Wildman–Crippen LogP) is 5.54. The van der Waals surface area contributed by atoms with Crippen LogP contribution >= 0.6 is 0 Å². The molecular weight excluding hydrogens is 396 g/mol. The van der Waals surface area contributed by atoms with E-state index in [-0.39, 0.29) is 12.0 Å². The number of allylic oxidation sites excluding steroid dienone is 4. The summed E-state index contributed by atoms with van der Waals surface area (Å²) in [6.45, 7) is 3.48. The van der Waals surface area contributed by atoms with E-state index in [9.17, 15) is 0 Å². The molecule has 1 aliphatic carbocycles. The number of methoxy groups -OCH3 is 1. The van der Waals surface area contributed by atoms with E-state index in [4.69, 9.17) is 9.47 Å². The molecule has 32 heavy (non-hydrogen) atoms. The molecule has 4 nitrogen and oxygen atoms in total. The van der Waals surface area contributed by atoms with E-state index in [1.54, 1.807) is 7.11 Å². The van der Waals surface area contributed by atoms with E-state index in [1.807, 2.05) is 18.4 Å². The van der Waals surface area contributed by atoms with Crippen LogP contribution in [0.15, 0.2) is 94.9 Å². The second-order valence-electron chi connectivity index (χ2n) is 8.92. The average molecular weight is 429 g/mol. The smallest absolute Gasteiger partial charge is 0.202 e. The third-order valence-corrected chi connectivity index (χ3v) is 7.02. The van der Waals surface area contributed by atoms with Crippen LogP contribution in [-0.4, -0.2) is 43.6 Å². The number of nitrogens with zero attached hydrogens (tertiary/aromatic N) is 2. The highest BCUT2D eigenvalue weighted by Crippen LogP contribution is 2.34. The third-order valence-electron chi connectivity index (χ3n) is 7.02. The maximum Gasteiger partial charge on any atom is 0.202 e. The Labute approximate surface area is 191 Å². The van der Waals surface area contributed by atoms with Gasteiger partial charge in [-0.15, -0.1) is 0 Å². The van der Waals surface area contributed by atoms with Crippen molar-refractivity contribution in [3.8, 4) is 0 Å². The zero-order chi connectivity index (χ0) is 21.8. The van der Waals surface area contributed by atoms with E-state index >= 15 is 0 Å². The molecule has 0 radical (unpaired) electrons. The number of hydrogen-bond donors (Lipinski definition) is 0. The SMILES string of the molecule is COC1C=CC=C2OC3=NC=CC(=CCCN4CCC(c5ccccc5)CC4)C3CC=C21. The molecule has 1 fully saturated rings. The normalized spacial score (nSPS) is 27.0. The lowest BCUT2D eigenvalue weighted by Gasteiger charge is -2.32. The highest BCUT2D eigenvalue weighted by molar-refractivity contribution is 5.86. The number of benzene rings is 1. The molecule has 0 bridgehead atoms. The molecule has 0 N–H and O–H groups in total. The second kappa shape index (κ2) is 9.85. The lowest BCUT2D eigenvalue weighted by molar-refractivity contribution is 0.163. The molecule has 0 saturated carbocycles. The van der Waals surface area contributed by atoms with Crippen LogP contribution in [0.3, 0.4) is 0 Å². The average Bonchev–Trinajstić information content (AvgIpc) is 3.05. The predicted molar refractivity (Wildman–Crippen MR) is 129 cm³/mol. The second-order valence-corrected chi connectivity index (χ2v) is 8.92. The number of ether oxygens (including phenoxy) is 2. The van der Waals surface area contributed by atoms with Gasteiger partial charge in [-0.25, -0.2) is 4.99 Å². The molecule has 4 aliphatic rings. The van der Waals surface area contributed by atoms with Gasteiger partial charge in [0.1, 0.15) is 11.9 Å². The van der Waals surface area contributed by atoms with E-state index in [2.05, 4.69) is 64.5 Å². The quantitative estimate of drug-likeness (QED) is 0.617. The van der Waals surface area contributed by atoms with Crippen molar-refractivity contribution >= 4 is 5.90 Å².